The van der Waals surface area contributed by atoms with Gasteiger partial charge in [0.2, 0.25) is 0 Å². The molecule has 2 rings (SSSR count). The zero-order valence-electron chi connectivity index (χ0n) is 12.3. The first-order valence-electron chi connectivity index (χ1n) is 6.79. The summed E-state index contributed by atoms with van der Waals surface area (Å²) in [5.74, 6) is -0.930. The standard InChI is InChI=1S/C14H16N4O3S/c1-3-9(2)18(8-11(19)20)14(21)10-7-17-13(22-10)12-15-5-4-6-16-12/h4-7,9H,3,8H2,1-2H3,(H,19,20). The molecular weight excluding hydrogens is 304 g/mol. The Hall–Kier alpha value is -2.35. The lowest BCUT2D eigenvalue weighted by Crippen LogP contribution is -2.41. The number of aliphatic carboxylic acids is 1. The van der Waals surface area contributed by atoms with Gasteiger partial charge in [-0.3, -0.25) is 9.59 Å². The van der Waals surface area contributed by atoms with E-state index in [0.29, 0.717) is 22.1 Å². The predicted octanol–water partition coefficient (Wildman–Crippen LogP) is 1.93. The van der Waals surface area contributed by atoms with Gasteiger partial charge in [0.1, 0.15) is 11.4 Å². The van der Waals surface area contributed by atoms with Crippen LogP contribution in [-0.4, -0.2) is 49.4 Å². The fourth-order valence-electron chi connectivity index (χ4n) is 1.82. The van der Waals surface area contributed by atoms with Crippen molar-refractivity contribution in [1.29, 1.82) is 0 Å². The average molecular weight is 320 g/mol. The molecule has 1 unspecified atom stereocenters. The van der Waals surface area contributed by atoms with Crippen molar-refractivity contribution in [3.63, 3.8) is 0 Å². The molecule has 116 valence electrons. The molecule has 0 radical (unpaired) electrons. The largest absolute Gasteiger partial charge is 0.480 e. The first-order valence-corrected chi connectivity index (χ1v) is 7.60. The number of rotatable bonds is 6. The highest BCUT2D eigenvalue weighted by molar-refractivity contribution is 7.16. The minimum atomic E-state index is -1.04. The fraction of sp³-hybridized carbons (Fsp3) is 0.357. The lowest BCUT2D eigenvalue weighted by atomic mass is 10.2. The SMILES string of the molecule is CCC(C)N(CC(=O)O)C(=O)c1cnc(-c2ncccn2)s1. The van der Waals surface area contributed by atoms with Crippen molar-refractivity contribution >= 4 is 23.2 Å². The fourth-order valence-corrected chi connectivity index (χ4v) is 2.64. The molecule has 0 aliphatic rings. The van der Waals surface area contributed by atoms with Crippen molar-refractivity contribution in [3.8, 4) is 10.8 Å². The summed E-state index contributed by atoms with van der Waals surface area (Å²) in [6.45, 7) is 3.40. The molecule has 22 heavy (non-hydrogen) atoms. The summed E-state index contributed by atoms with van der Waals surface area (Å²) in [7, 11) is 0. The molecule has 0 aromatic carbocycles. The van der Waals surface area contributed by atoms with Crippen LogP contribution in [0.1, 0.15) is 29.9 Å². The number of carbonyl (C=O) groups excluding carboxylic acids is 1. The number of hydrogen-bond acceptors (Lipinski definition) is 6. The van der Waals surface area contributed by atoms with Crippen LogP contribution in [0, 0.1) is 0 Å². The van der Waals surface area contributed by atoms with Crippen molar-refractivity contribution in [2.24, 2.45) is 0 Å². The Morgan fingerprint density at radius 3 is 2.59 bits per heavy atom. The molecule has 0 saturated heterocycles. The predicted molar refractivity (Wildman–Crippen MR) is 81.6 cm³/mol. The van der Waals surface area contributed by atoms with Crippen molar-refractivity contribution in [3.05, 3.63) is 29.5 Å². The van der Waals surface area contributed by atoms with Crippen LogP contribution in [0.2, 0.25) is 0 Å². The van der Waals surface area contributed by atoms with E-state index >= 15 is 0 Å². The van der Waals surface area contributed by atoms with Crippen LogP contribution >= 0.6 is 11.3 Å². The Kier molecular flexibility index (Phi) is 5.16. The van der Waals surface area contributed by atoms with E-state index < -0.39 is 5.97 Å². The van der Waals surface area contributed by atoms with E-state index in [4.69, 9.17) is 5.11 Å². The number of carboxylic acid groups (broad SMARTS) is 1. The normalized spacial score (nSPS) is 11.9. The molecule has 0 saturated carbocycles. The van der Waals surface area contributed by atoms with Gasteiger partial charge in [-0.05, 0) is 19.4 Å². The van der Waals surface area contributed by atoms with E-state index in [1.165, 1.54) is 11.1 Å². The second-order valence-corrected chi connectivity index (χ2v) is 5.72. The van der Waals surface area contributed by atoms with Gasteiger partial charge in [-0.1, -0.05) is 6.92 Å². The zero-order valence-corrected chi connectivity index (χ0v) is 13.1. The monoisotopic (exact) mass is 320 g/mol. The Bertz CT molecular complexity index is 659. The highest BCUT2D eigenvalue weighted by atomic mass is 32.1. The number of carboxylic acids is 1. The molecule has 7 nitrogen and oxygen atoms in total. The van der Waals surface area contributed by atoms with Gasteiger partial charge in [0, 0.05) is 18.4 Å². The number of hydrogen-bond donors (Lipinski definition) is 1. The summed E-state index contributed by atoms with van der Waals surface area (Å²) in [6, 6.07) is 1.53. The van der Waals surface area contributed by atoms with Crippen LogP contribution in [0.4, 0.5) is 0 Å². The molecule has 2 aromatic heterocycles. The average Bonchev–Trinajstić information content (AvgIpc) is 3.02. The molecule has 0 aliphatic heterocycles. The zero-order chi connectivity index (χ0) is 16.1. The minimum Gasteiger partial charge on any atom is -0.480 e. The summed E-state index contributed by atoms with van der Waals surface area (Å²) in [5, 5.41) is 9.51. The van der Waals surface area contributed by atoms with Crippen molar-refractivity contribution in [1.82, 2.24) is 19.9 Å². The molecule has 0 aliphatic carbocycles. The van der Waals surface area contributed by atoms with Crippen LogP contribution in [0.15, 0.2) is 24.7 Å². The maximum absolute atomic E-state index is 12.5. The van der Waals surface area contributed by atoms with Crippen molar-refractivity contribution < 1.29 is 14.7 Å². The first kappa shape index (κ1) is 16.0. The third kappa shape index (κ3) is 3.64. The van der Waals surface area contributed by atoms with E-state index in [9.17, 15) is 9.59 Å². The van der Waals surface area contributed by atoms with Gasteiger partial charge in [-0.25, -0.2) is 15.0 Å². The van der Waals surface area contributed by atoms with Crippen LogP contribution in [0.25, 0.3) is 10.8 Å². The molecule has 0 fully saturated rings. The van der Waals surface area contributed by atoms with E-state index in [0.717, 1.165) is 11.3 Å². The molecule has 8 heteroatoms. The third-order valence-corrected chi connectivity index (χ3v) is 4.14. The van der Waals surface area contributed by atoms with E-state index in [1.54, 1.807) is 18.5 Å². The quantitative estimate of drug-likeness (QED) is 0.873. The molecule has 1 amide bonds. The van der Waals surface area contributed by atoms with Crippen LogP contribution < -0.4 is 0 Å². The Labute approximate surface area is 131 Å². The van der Waals surface area contributed by atoms with E-state index in [1.807, 2.05) is 13.8 Å². The Balaban J connectivity index is 2.24. The van der Waals surface area contributed by atoms with Crippen LogP contribution in [0.3, 0.4) is 0 Å². The van der Waals surface area contributed by atoms with Gasteiger partial charge < -0.3 is 10.0 Å². The van der Waals surface area contributed by atoms with Crippen LogP contribution in [0.5, 0.6) is 0 Å². The Morgan fingerprint density at radius 1 is 1.32 bits per heavy atom. The van der Waals surface area contributed by atoms with Crippen LogP contribution in [-0.2, 0) is 4.79 Å². The van der Waals surface area contributed by atoms with Gasteiger partial charge in [0.15, 0.2) is 10.8 Å². The second-order valence-electron chi connectivity index (χ2n) is 4.69. The smallest absolute Gasteiger partial charge is 0.323 e. The molecule has 1 N–H and O–H groups in total. The lowest BCUT2D eigenvalue weighted by Gasteiger charge is -2.26. The highest BCUT2D eigenvalue weighted by Gasteiger charge is 2.25. The van der Waals surface area contributed by atoms with Gasteiger partial charge in [0.05, 0.1) is 6.20 Å². The van der Waals surface area contributed by atoms with E-state index in [2.05, 4.69) is 15.0 Å². The molecule has 1 atom stereocenters. The molecular formula is C14H16N4O3S. The molecule has 2 heterocycles. The highest BCUT2D eigenvalue weighted by Crippen LogP contribution is 2.23. The molecule has 0 bridgehead atoms. The lowest BCUT2D eigenvalue weighted by molar-refractivity contribution is -0.138. The maximum atomic E-state index is 12.5. The van der Waals surface area contributed by atoms with Gasteiger partial charge in [-0.15, -0.1) is 11.3 Å². The molecule has 0 spiro atoms. The van der Waals surface area contributed by atoms with E-state index in [-0.39, 0.29) is 18.5 Å². The second kappa shape index (κ2) is 7.08. The summed E-state index contributed by atoms with van der Waals surface area (Å²) in [4.78, 5) is 37.5. The number of aromatic nitrogens is 3. The number of nitrogens with zero attached hydrogens (tertiary/aromatic N) is 4. The summed E-state index contributed by atoms with van der Waals surface area (Å²) in [6.07, 6.45) is 5.31. The Morgan fingerprint density at radius 2 is 2.00 bits per heavy atom. The van der Waals surface area contributed by atoms with Gasteiger partial charge >= 0.3 is 5.97 Å². The molecule has 2 aromatic rings. The third-order valence-electron chi connectivity index (χ3n) is 3.16. The number of amides is 1. The summed E-state index contributed by atoms with van der Waals surface area (Å²) >= 11 is 1.16. The minimum absolute atomic E-state index is 0.165. The van der Waals surface area contributed by atoms with Crippen molar-refractivity contribution in [2.75, 3.05) is 6.54 Å². The summed E-state index contributed by atoms with van der Waals surface area (Å²) in [5.41, 5.74) is 0. The first-order chi connectivity index (χ1) is 10.5. The topological polar surface area (TPSA) is 96.3 Å². The maximum Gasteiger partial charge on any atom is 0.323 e. The number of carbonyl (C=O) groups is 2. The van der Waals surface area contributed by atoms with Gasteiger partial charge in [0.25, 0.3) is 5.91 Å². The van der Waals surface area contributed by atoms with Gasteiger partial charge in [-0.2, -0.15) is 0 Å². The summed E-state index contributed by atoms with van der Waals surface area (Å²) < 4.78 is 0. The number of thiazole rings is 1. The van der Waals surface area contributed by atoms with Crippen molar-refractivity contribution in [2.45, 2.75) is 26.3 Å².